The molecule has 212 valence electrons. The molecule has 40 heavy (non-hydrogen) atoms. The number of halogens is 6. The van der Waals surface area contributed by atoms with Gasteiger partial charge >= 0.3 is 24.4 Å². The van der Waals surface area contributed by atoms with E-state index in [4.69, 9.17) is 5.11 Å². The quantitative estimate of drug-likeness (QED) is 0.294. The largest absolute Gasteiger partial charge is 0.478 e. The van der Waals surface area contributed by atoms with E-state index in [1.165, 1.54) is 35.6 Å². The predicted octanol–water partition coefficient (Wildman–Crippen LogP) is 8.71. The van der Waals surface area contributed by atoms with Crippen LogP contribution >= 0.6 is 0 Å². The predicted molar refractivity (Wildman–Crippen MR) is 137 cm³/mol. The highest BCUT2D eigenvalue weighted by Crippen LogP contribution is 2.38. The van der Waals surface area contributed by atoms with Gasteiger partial charge in [-0.05, 0) is 72.4 Å². The van der Waals surface area contributed by atoms with Gasteiger partial charge in [-0.3, -0.25) is 4.90 Å². The molecular formula is C29H26F6N2O3. The van der Waals surface area contributed by atoms with Crippen LogP contribution in [0.4, 0.5) is 42.5 Å². The molecule has 3 aromatic rings. The summed E-state index contributed by atoms with van der Waals surface area (Å²) in [6, 6.07) is 12.6. The molecule has 0 heterocycles. The number of anilines is 2. The SMILES string of the molecule is O=C(O)c1ccc(CN(C(=O)Nc2cc(C(F)(F)F)cc(C(F)(F)F)c2)c2ccc(C3CCCCC3)cc2)cc1. The number of hydrogen-bond donors (Lipinski definition) is 2. The van der Waals surface area contributed by atoms with Gasteiger partial charge in [-0.2, -0.15) is 26.3 Å². The van der Waals surface area contributed by atoms with E-state index >= 15 is 0 Å². The maximum atomic E-state index is 13.4. The van der Waals surface area contributed by atoms with Crippen molar-refractivity contribution in [2.75, 3.05) is 10.2 Å². The molecule has 3 aromatic carbocycles. The number of urea groups is 1. The van der Waals surface area contributed by atoms with Gasteiger partial charge in [0.1, 0.15) is 0 Å². The van der Waals surface area contributed by atoms with Crippen LogP contribution in [0.1, 0.15) is 70.6 Å². The lowest BCUT2D eigenvalue weighted by Gasteiger charge is -2.26. The fraction of sp³-hybridized carbons (Fsp3) is 0.310. The van der Waals surface area contributed by atoms with E-state index in [1.54, 1.807) is 12.1 Å². The summed E-state index contributed by atoms with van der Waals surface area (Å²) in [5, 5.41) is 11.3. The number of hydrogen-bond acceptors (Lipinski definition) is 2. The molecule has 0 spiro atoms. The minimum absolute atomic E-state index is 0.0125. The van der Waals surface area contributed by atoms with Crippen molar-refractivity contribution in [3.05, 3.63) is 94.5 Å². The van der Waals surface area contributed by atoms with Crippen LogP contribution < -0.4 is 10.2 Å². The molecule has 0 radical (unpaired) electrons. The number of nitrogens with one attached hydrogen (secondary N) is 1. The van der Waals surface area contributed by atoms with Gasteiger partial charge in [0, 0.05) is 11.4 Å². The first-order valence-electron chi connectivity index (χ1n) is 12.6. The third-order valence-corrected chi connectivity index (χ3v) is 6.91. The van der Waals surface area contributed by atoms with Crippen LogP contribution in [0.3, 0.4) is 0 Å². The molecule has 1 saturated carbocycles. The zero-order valence-electron chi connectivity index (χ0n) is 21.1. The molecule has 5 nitrogen and oxygen atoms in total. The summed E-state index contributed by atoms with van der Waals surface area (Å²) in [4.78, 5) is 25.7. The van der Waals surface area contributed by atoms with Gasteiger partial charge in [0.05, 0.1) is 23.2 Å². The summed E-state index contributed by atoms with van der Waals surface area (Å²) in [6.07, 6.45) is -4.65. The lowest BCUT2D eigenvalue weighted by Crippen LogP contribution is -2.34. The molecule has 0 aliphatic heterocycles. The molecule has 1 fully saturated rings. The number of carboxylic acid groups (broad SMARTS) is 1. The molecule has 1 aliphatic rings. The molecule has 4 rings (SSSR count). The molecule has 0 unspecified atom stereocenters. The first-order valence-corrected chi connectivity index (χ1v) is 12.6. The lowest BCUT2D eigenvalue weighted by atomic mass is 9.84. The number of alkyl halides is 6. The van der Waals surface area contributed by atoms with E-state index in [9.17, 15) is 35.9 Å². The van der Waals surface area contributed by atoms with Gasteiger partial charge in [-0.15, -0.1) is 0 Å². The average molecular weight is 565 g/mol. The normalized spacial score (nSPS) is 14.6. The van der Waals surface area contributed by atoms with Crippen molar-refractivity contribution >= 4 is 23.4 Å². The van der Waals surface area contributed by atoms with Crippen molar-refractivity contribution in [1.82, 2.24) is 0 Å². The van der Waals surface area contributed by atoms with E-state index in [1.807, 2.05) is 12.1 Å². The van der Waals surface area contributed by atoms with Crippen LogP contribution in [0, 0.1) is 0 Å². The van der Waals surface area contributed by atoms with E-state index < -0.39 is 41.2 Å². The second-order valence-corrected chi connectivity index (χ2v) is 9.74. The average Bonchev–Trinajstić information content (AvgIpc) is 2.91. The van der Waals surface area contributed by atoms with Gasteiger partial charge in [0.15, 0.2) is 0 Å². The van der Waals surface area contributed by atoms with Crippen LogP contribution in [-0.2, 0) is 18.9 Å². The van der Waals surface area contributed by atoms with Crippen molar-refractivity contribution < 1.29 is 41.0 Å². The summed E-state index contributed by atoms with van der Waals surface area (Å²) in [6.45, 7) is -0.125. The van der Waals surface area contributed by atoms with Crippen LogP contribution in [-0.4, -0.2) is 17.1 Å². The van der Waals surface area contributed by atoms with Gasteiger partial charge < -0.3 is 10.4 Å². The molecule has 2 N–H and O–H groups in total. The first kappa shape index (κ1) is 29.0. The van der Waals surface area contributed by atoms with Gasteiger partial charge in [0.25, 0.3) is 0 Å². The summed E-state index contributed by atoms with van der Waals surface area (Å²) >= 11 is 0. The topological polar surface area (TPSA) is 69.6 Å². The molecule has 2 amide bonds. The standard InChI is InChI=1S/C29H26F6N2O3/c30-28(31,32)22-14-23(29(33,34)35)16-24(15-22)36-27(40)37(17-18-6-8-21(9-7-18)26(38)39)25-12-10-20(11-13-25)19-4-2-1-3-5-19/h6-16,19H,1-5,17H2,(H,36,40)(H,38,39). The summed E-state index contributed by atoms with van der Waals surface area (Å²) < 4.78 is 80.0. The minimum Gasteiger partial charge on any atom is -0.478 e. The van der Waals surface area contributed by atoms with Crippen molar-refractivity contribution in [2.24, 2.45) is 0 Å². The Labute approximate surface area is 226 Å². The molecule has 1 aliphatic carbocycles. The Morgan fingerprint density at radius 3 is 1.85 bits per heavy atom. The second-order valence-electron chi connectivity index (χ2n) is 9.74. The number of aromatic carboxylic acids is 1. The molecule has 11 heteroatoms. The fourth-order valence-electron chi connectivity index (χ4n) is 4.80. The molecule has 0 atom stereocenters. The second kappa shape index (κ2) is 11.6. The van der Waals surface area contributed by atoms with Crippen LogP contribution in [0.5, 0.6) is 0 Å². The van der Waals surface area contributed by atoms with E-state index in [-0.39, 0.29) is 18.2 Å². The number of carbonyl (C=O) groups excluding carboxylic acids is 1. The minimum atomic E-state index is -5.07. The maximum Gasteiger partial charge on any atom is 0.416 e. The highest BCUT2D eigenvalue weighted by atomic mass is 19.4. The first-order chi connectivity index (χ1) is 18.8. The zero-order valence-corrected chi connectivity index (χ0v) is 21.1. The lowest BCUT2D eigenvalue weighted by molar-refractivity contribution is -0.143. The smallest absolute Gasteiger partial charge is 0.416 e. The molecular weight excluding hydrogens is 538 g/mol. The van der Waals surface area contributed by atoms with E-state index in [0.717, 1.165) is 31.2 Å². The summed E-state index contributed by atoms with van der Waals surface area (Å²) in [5.41, 5.74) is -1.81. The number of rotatable bonds is 6. The third kappa shape index (κ3) is 7.13. The van der Waals surface area contributed by atoms with E-state index in [2.05, 4.69) is 5.32 Å². The Morgan fingerprint density at radius 1 is 0.800 bits per heavy atom. The number of carbonyl (C=O) groups is 2. The number of amides is 2. The number of nitrogens with zero attached hydrogens (tertiary/aromatic N) is 1. The molecule has 0 saturated heterocycles. The zero-order chi connectivity index (χ0) is 29.1. The van der Waals surface area contributed by atoms with Gasteiger partial charge in [-0.1, -0.05) is 43.5 Å². The van der Waals surface area contributed by atoms with Crippen LogP contribution in [0.25, 0.3) is 0 Å². The van der Waals surface area contributed by atoms with Crippen molar-refractivity contribution in [1.29, 1.82) is 0 Å². The van der Waals surface area contributed by atoms with Crippen LogP contribution in [0.15, 0.2) is 66.7 Å². The Morgan fingerprint density at radius 2 is 1.35 bits per heavy atom. The van der Waals surface area contributed by atoms with Crippen molar-refractivity contribution in [3.8, 4) is 0 Å². The monoisotopic (exact) mass is 564 g/mol. The fourth-order valence-corrected chi connectivity index (χ4v) is 4.80. The van der Waals surface area contributed by atoms with Crippen molar-refractivity contribution in [2.45, 2.75) is 56.9 Å². The van der Waals surface area contributed by atoms with Gasteiger partial charge in [-0.25, -0.2) is 9.59 Å². The molecule has 0 bridgehead atoms. The number of benzene rings is 3. The highest BCUT2D eigenvalue weighted by molar-refractivity contribution is 6.01. The Balaban J connectivity index is 1.66. The Hall–Kier alpha value is -4.02. The van der Waals surface area contributed by atoms with Crippen molar-refractivity contribution in [3.63, 3.8) is 0 Å². The Bertz CT molecular complexity index is 1310. The molecule has 0 aromatic heterocycles. The highest BCUT2D eigenvalue weighted by Gasteiger charge is 2.37. The van der Waals surface area contributed by atoms with E-state index in [0.29, 0.717) is 29.3 Å². The summed E-state index contributed by atoms with van der Waals surface area (Å²) in [5.74, 6) is -0.774. The third-order valence-electron chi connectivity index (χ3n) is 6.91. The summed E-state index contributed by atoms with van der Waals surface area (Å²) in [7, 11) is 0. The number of carboxylic acids is 1. The Kier molecular flexibility index (Phi) is 8.41. The maximum absolute atomic E-state index is 13.4. The van der Waals surface area contributed by atoms with Crippen LogP contribution in [0.2, 0.25) is 0 Å². The van der Waals surface area contributed by atoms with Gasteiger partial charge in [0.2, 0.25) is 0 Å².